The summed E-state index contributed by atoms with van der Waals surface area (Å²) >= 11 is 0. The minimum Gasteiger partial charge on any atom is -0.454 e. The van der Waals surface area contributed by atoms with Gasteiger partial charge in [0.25, 0.3) is 5.91 Å². The van der Waals surface area contributed by atoms with Crippen LogP contribution in [-0.4, -0.2) is 19.2 Å². The average Bonchev–Trinajstić information content (AvgIpc) is 3.07. The van der Waals surface area contributed by atoms with Gasteiger partial charge in [-0.15, -0.1) is 0 Å². The number of fused-ring (bicyclic) bond motifs is 1. The van der Waals surface area contributed by atoms with Gasteiger partial charge in [-0.1, -0.05) is 32.0 Å². The lowest BCUT2D eigenvalue weighted by Gasteiger charge is -2.26. The minimum atomic E-state index is -0.228. The standard InChI is InChI=1S/C19H22N2O3/c1-19(2,15-7-8-16-17(9-15)24-12-23-16)11-21-18(22)14-5-3-13(10-20)4-6-14/h3-9H,10-12,20H2,1-2H3,(H,21,22). The maximum atomic E-state index is 12.3. The molecule has 0 saturated carbocycles. The molecule has 0 saturated heterocycles. The zero-order valence-electron chi connectivity index (χ0n) is 14.0. The predicted octanol–water partition coefficient (Wildman–Crippen LogP) is 2.58. The van der Waals surface area contributed by atoms with Gasteiger partial charge in [-0.3, -0.25) is 4.79 Å². The first kappa shape index (κ1) is 16.3. The van der Waals surface area contributed by atoms with Crippen molar-refractivity contribution in [3.8, 4) is 11.5 Å². The molecule has 1 amide bonds. The fourth-order valence-corrected chi connectivity index (χ4v) is 2.62. The normalized spacial score (nSPS) is 13.0. The van der Waals surface area contributed by atoms with Crippen LogP contribution >= 0.6 is 0 Å². The lowest BCUT2D eigenvalue weighted by atomic mass is 9.84. The van der Waals surface area contributed by atoms with Crippen LogP contribution in [0.1, 0.15) is 35.3 Å². The van der Waals surface area contributed by atoms with E-state index in [1.807, 2.05) is 30.3 Å². The fraction of sp³-hybridized carbons (Fsp3) is 0.316. The Kier molecular flexibility index (Phi) is 4.44. The Labute approximate surface area is 141 Å². The Morgan fingerprint density at radius 2 is 1.83 bits per heavy atom. The number of carbonyl (C=O) groups excluding carboxylic acids is 1. The van der Waals surface area contributed by atoms with Crippen LogP contribution in [0.4, 0.5) is 0 Å². The summed E-state index contributed by atoms with van der Waals surface area (Å²) in [6.07, 6.45) is 0. The number of rotatable bonds is 5. The van der Waals surface area contributed by atoms with Crippen LogP contribution in [0.15, 0.2) is 42.5 Å². The van der Waals surface area contributed by atoms with Gasteiger partial charge >= 0.3 is 0 Å². The number of amides is 1. The van der Waals surface area contributed by atoms with Crippen molar-refractivity contribution in [1.29, 1.82) is 0 Å². The minimum absolute atomic E-state index is 0.0904. The predicted molar refractivity (Wildman–Crippen MR) is 92.3 cm³/mol. The number of hydrogen-bond donors (Lipinski definition) is 2. The highest BCUT2D eigenvalue weighted by Crippen LogP contribution is 2.36. The summed E-state index contributed by atoms with van der Waals surface area (Å²) in [5.41, 5.74) is 8.08. The Hall–Kier alpha value is -2.53. The highest BCUT2D eigenvalue weighted by molar-refractivity contribution is 5.94. The van der Waals surface area contributed by atoms with Gasteiger partial charge in [-0.2, -0.15) is 0 Å². The van der Waals surface area contributed by atoms with Crippen molar-refractivity contribution in [2.45, 2.75) is 25.8 Å². The highest BCUT2D eigenvalue weighted by Gasteiger charge is 2.24. The SMILES string of the molecule is CC(C)(CNC(=O)c1ccc(CN)cc1)c1ccc2c(c1)OCO2. The van der Waals surface area contributed by atoms with Crippen molar-refractivity contribution in [2.24, 2.45) is 5.73 Å². The maximum absolute atomic E-state index is 12.3. The molecular formula is C19H22N2O3. The molecule has 1 aliphatic heterocycles. The molecule has 0 fully saturated rings. The van der Waals surface area contributed by atoms with Gasteiger partial charge < -0.3 is 20.5 Å². The van der Waals surface area contributed by atoms with E-state index < -0.39 is 0 Å². The van der Waals surface area contributed by atoms with Crippen LogP contribution in [0, 0.1) is 0 Å². The van der Waals surface area contributed by atoms with Crippen molar-refractivity contribution >= 4 is 5.91 Å². The van der Waals surface area contributed by atoms with Crippen LogP contribution in [0.25, 0.3) is 0 Å². The van der Waals surface area contributed by atoms with Crippen molar-refractivity contribution < 1.29 is 14.3 Å². The molecule has 1 heterocycles. The van der Waals surface area contributed by atoms with Crippen LogP contribution in [0.2, 0.25) is 0 Å². The molecule has 0 aromatic heterocycles. The lowest BCUT2D eigenvalue weighted by Crippen LogP contribution is -2.36. The zero-order valence-corrected chi connectivity index (χ0v) is 14.0. The van der Waals surface area contributed by atoms with E-state index in [-0.39, 0.29) is 18.1 Å². The van der Waals surface area contributed by atoms with Crippen LogP contribution in [-0.2, 0) is 12.0 Å². The third kappa shape index (κ3) is 3.36. The molecule has 3 rings (SSSR count). The van der Waals surface area contributed by atoms with Crippen molar-refractivity contribution in [2.75, 3.05) is 13.3 Å². The second-order valence-corrected chi connectivity index (χ2v) is 6.54. The molecular weight excluding hydrogens is 304 g/mol. The molecule has 1 aliphatic rings. The molecule has 126 valence electrons. The second kappa shape index (κ2) is 6.53. The van der Waals surface area contributed by atoms with E-state index in [1.165, 1.54) is 0 Å². The van der Waals surface area contributed by atoms with E-state index in [4.69, 9.17) is 15.2 Å². The molecule has 2 aromatic rings. The summed E-state index contributed by atoms with van der Waals surface area (Å²) in [5, 5.41) is 3.00. The zero-order chi connectivity index (χ0) is 17.2. The third-order valence-electron chi connectivity index (χ3n) is 4.30. The van der Waals surface area contributed by atoms with Crippen LogP contribution in [0.5, 0.6) is 11.5 Å². The summed E-state index contributed by atoms with van der Waals surface area (Å²) in [6.45, 7) is 5.42. The van der Waals surface area contributed by atoms with Crippen LogP contribution in [0.3, 0.4) is 0 Å². The smallest absolute Gasteiger partial charge is 0.251 e. The summed E-state index contributed by atoms with van der Waals surface area (Å²) in [4.78, 5) is 12.3. The molecule has 24 heavy (non-hydrogen) atoms. The molecule has 0 atom stereocenters. The van der Waals surface area contributed by atoms with Crippen molar-refractivity contribution in [3.05, 3.63) is 59.2 Å². The van der Waals surface area contributed by atoms with E-state index >= 15 is 0 Å². The van der Waals surface area contributed by atoms with Gasteiger partial charge in [-0.25, -0.2) is 0 Å². The molecule has 0 bridgehead atoms. The molecule has 2 aromatic carbocycles. The Morgan fingerprint density at radius 1 is 1.12 bits per heavy atom. The first-order chi connectivity index (χ1) is 11.5. The molecule has 0 radical (unpaired) electrons. The fourth-order valence-electron chi connectivity index (χ4n) is 2.62. The van der Waals surface area contributed by atoms with Gasteiger partial charge in [0.05, 0.1) is 0 Å². The van der Waals surface area contributed by atoms with Gasteiger partial charge in [0.2, 0.25) is 6.79 Å². The second-order valence-electron chi connectivity index (χ2n) is 6.54. The number of ether oxygens (including phenoxy) is 2. The molecule has 5 heteroatoms. The number of nitrogens with one attached hydrogen (secondary N) is 1. The average molecular weight is 326 g/mol. The monoisotopic (exact) mass is 326 g/mol. The Morgan fingerprint density at radius 3 is 2.54 bits per heavy atom. The quantitative estimate of drug-likeness (QED) is 0.886. The number of benzene rings is 2. The van der Waals surface area contributed by atoms with E-state index in [0.717, 1.165) is 22.6 Å². The molecule has 3 N–H and O–H groups in total. The van der Waals surface area contributed by atoms with Gasteiger partial charge in [0, 0.05) is 24.1 Å². The Balaban J connectivity index is 1.66. The molecule has 0 aliphatic carbocycles. The van der Waals surface area contributed by atoms with Gasteiger partial charge in [0.15, 0.2) is 11.5 Å². The summed E-state index contributed by atoms with van der Waals surface area (Å²) < 4.78 is 10.8. The lowest BCUT2D eigenvalue weighted by molar-refractivity contribution is 0.0945. The molecule has 0 unspecified atom stereocenters. The van der Waals surface area contributed by atoms with Gasteiger partial charge in [0.1, 0.15) is 0 Å². The van der Waals surface area contributed by atoms with E-state index in [9.17, 15) is 4.79 Å². The summed E-state index contributed by atoms with van der Waals surface area (Å²) in [5.74, 6) is 1.43. The van der Waals surface area contributed by atoms with Crippen molar-refractivity contribution in [1.82, 2.24) is 5.32 Å². The maximum Gasteiger partial charge on any atom is 0.251 e. The van der Waals surface area contributed by atoms with Gasteiger partial charge in [-0.05, 0) is 35.4 Å². The van der Waals surface area contributed by atoms with E-state index in [1.54, 1.807) is 12.1 Å². The first-order valence-corrected chi connectivity index (χ1v) is 7.97. The van der Waals surface area contributed by atoms with Crippen molar-refractivity contribution in [3.63, 3.8) is 0 Å². The van der Waals surface area contributed by atoms with E-state index in [0.29, 0.717) is 18.7 Å². The Bertz CT molecular complexity index is 739. The first-order valence-electron chi connectivity index (χ1n) is 7.97. The third-order valence-corrected chi connectivity index (χ3v) is 4.30. The molecule has 5 nitrogen and oxygen atoms in total. The highest BCUT2D eigenvalue weighted by atomic mass is 16.7. The summed E-state index contributed by atoms with van der Waals surface area (Å²) in [7, 11) is 0. The number of nitrogens with two attached hydrogens (primary N) is 1. The number of carbonyl (C=O) groups is 1. The largest absolute Gasteiger partial charge is 0.454 e. The molecule has 0 spiro atoms. The summed E-state index contributed by atoms with van der Waals surface area (Å²) in [6, 6.07) is 13.2. The topological polar surface area (TPSA) is 73.6 Å². The van der Waals surface area contributed by atoms with E-state index in [2.05, 4.69) is 19.2 Å². The van der Waals surface area contributed by atoms with Crippen LogP contribution < -0.4 is 20.5 Å². The number of hydrogen-bond acceptors (Lipinski definition) is 4.